The predicted molar refractivity (Wildman–Crippen MR) is 159 cm³/mol. The first-order valence-electron chi connectivity index (χ1n) is 16.6. The van der Waals surface area contributed by atoms with Crippen molar-refractivity contribution in [2.75, 3.05) is 6.54 Å². The predicted octanol–water partition coefficient (Wildman–Crippen LogP) is 8.03. The topological polar surface area (TPSA) is 50.6 Å². The number of hydrogen-bond donors (Lipinski definition) is 0. The average Bonchev–Trinajstić information content (AvgIpc) is 3.50. The highest BCUT2D eigenvalue weighted by Gasteiger charge is 2.46. The number of carbonyl (C=O) groups excluding carboxylic acids is 1. The number of carbonyl (C=O) groups is 1. The van der Waals surface area contributed by atoms with Gasteiger partial charge in [-0.25, -0.2) is 9.78 Å². The number of aromatic nitrogens is 2. The first kappa shape index (κ1) is 26.8. The lowest BCUT2D eigenvalue weighted by atomic mass is 9.73. The smallest absolute Gasteiger partial charge is 0.410 e. The van der Waals surface area contributed by atoms with Crippen LogP contribution in [-0.4, -0.2) is 55.7 Å². The minimum Gasteiger partial charge on any atom is -0.444 e. The molecule has 2 saturated carbocycles. The molecule has 1 amide bonds. The average molecular weight is 547 g/mol. The van der Waals surface area contributed by atoms with E-state index in [2.05, 4.69) is 33.7 Å². The summed E-state index contributed by atoms with van der Waals surface area (Å²) in [6.07, 6.45) is 18.5. The quantitative estimate of drug-likeness (QED) is 0.391. The Morgan fingerprint density at radius 1 is 0.800 bits per heavy atom. The number of imidazole rings is 1. The van der Waals surface area contributed by atoms with Gasteiger partial charge < -0.3 is 9.30 Å². The second kappa shape index (κ2) is 10.6. The third-order valence-corrected chi connectivity index (χ3v) is 10.9. The van der Waals surface area contributed by atoms with Gasteiger partial charge in [-0.15, -0.1) is 0 Å². The largest absolute Gasteiger partial charge is 0.444 e. The van der Waals surface area contributed by atoms with Crippen LogP contribution in [0.25, 0.3) is 11.0 Å². The van der Waals surface area contributed by atoms with Crippen LogP contribution in [0.4, 0.5) is 4.79 Å². The molecule has 3 aliphatic heterocycles. The van der Waals surface area contributed by atoms with Gasteiger partial charge in [-0.2, -0.15) is 0 Å². The summed E-state index contributed by atoms with van der Waals surface area (Å²) in [6, 6.07) is 11.3. The zero-order valence-electron chi connectivity index (χ0n) is 25.1. The maximum Gasteiger partial charge on any atom is 0.410 e. The lowest BCUT2D eigenvalue weighted by Crippen LogP contribution is -2.58. The summed E-state index contributed by atoms with van der Waals surface area (Å²) < 4.78 is 8.45. The Labute approximate surface area is 240 Å². The fourth-order valence-electron chi connectivity index (χ4n) is 9.56. The SMILES string of the molecule is CC(C)(C)OC(=O)N1CCCC1c1nc2ccccc2n1C1CC2CCCC(C1)N2C1CC2CCCCC(C2)C1. The fraction of sp³-hybridized carbons (Fsp3) is 0.765. The summed E-state index contributed by atoms with van der Waals surface area (Å²) in [5.74, 6) is 3.02. The van der Waals surface area contributed by atoms with Crippen LogP contribution in [-0.2, 0) is 4.74 Å². The van der Waals surface area contributed by atoms with Crippen molar-refractivity contribution in [1.82, 2.24) is 19.4 Å². The lowest BCUT2D eigenvalue weighted by molar-refractivity contribution is -0.0424. The minimum absolute atomic E-state index is 0.0124. The van der Waals surface area contributed by atoms with Gasteiger partial charge in [0, 0.05) is 30.7 Å². The third-order valence-electron chi connectivity index (χ3n) is 10.9. The standard InChI is InChI=1S/C34H50N4O2/c1-34(2,3)40-33(39)36-17-9-16-31(36)32-35-29-14-6-7-15-30(29)38(32)28-21-25-12-8-13-26(22-28)37(25)27-19-23-10-4-5-11-24(18-23)20-27/h6-7,14-15,23-28,31H,4-5,8-13,16-22H2,1-3H3. The van der Waals surface area contributed by atoms with Crippen molar-refractivity contribution in [3.63, 3.8) is 0 Å². The monoisotopic (exact) mass is 546 g/mol. The number of fused-ring (bicyclic) bond motifs is 5. The van der Waals surface area contributed by atoms with Crippen molar-refractivity contribution in [3.05, 3.63) is 30.1 Å². The van der Waals surface area contributed by atoms with Gasteiger partial charge in [0.25, 0.3) is 0 Å². The molecule has 3 saturated heterocycles. The van der Waals surface area contributed by atoms with Gasteiger partial charge in [0.1, 0.15) is 11.4 Å². The maximum absolute atomic E-state index is 13.3. The molecule has 0 radical (unpaired) electrons. The van der Waals surface area contributed by atoms with Gasteiger partial charge in [0.2, 0.25) is 0 Å². The van der Waals surface area contributed by atoms with E-state index in [4.69, 9.17) is 9.72 Å². The van der Waals surface area contributed by atoms with Gasteiger partial charge in [-0.3, -0.25) is 9.80 Å². The molecular formula is C34H50N4O2. The van der Waals surface area contributed by atoms with Crippen molar-refractivity contribution < 1.29 is 9.53 Å². The van der Waals surface area contributed by atoms with E-state index in [1.54, 1.807) is 0 Å². The summed E-state index contributed by atoms with van der Waals surface area (Å²) in [7, 11) is 0. The van der Waals surface area contributed by atoms with E-state index < -0.39 is 5.60 Å². The summed E-state index contributed by atoms with van der Waals surface area (Å²) >= 11 is 0. The van der Waals surface area contributed by atoms with Crippen LogP contribution in [0.3, 0.4) is 0 Å². The highest BCUT2D eigenvalue weighted by atomic mass is 16.6. The molecule has 5 atom stereocenters. The molecule has 5 fully saturated rings. The summed E-state index contributed by atoms with van der Waals surface area (Å²) in [4.78, 5) is 23.6. The van der Waals surface area contributed by atoms with E-state index in [-0.39, 0.29) is 12.1 Å². The lowest BCUT2D eigenvalue weighted by Gasteiger charge is -2.54. The Balaban J connectivity index is 1.19. The number of amides is 1. The van der Waals surface area contributed by atoms with E-state index >= 15 is 0 Å². The Morgan fingerprint density at radius 3 is 2.20 bits per heavy atom. The molecular weight excluding hydrogens is 496 g/mol. The molecule has 40 heavy (non-hydrogen) atoms. The Hall–Kier alpha value is -2.08. The molecule has 7 rings (SSSR count). The molecule has 5 aliphatic rings. The highest BCUT2D eigenvalue weighted by molar-refractivity contribution is 5.77. The minimum atomic E-state index is -0.495. The maximum atomic E-state index is 13.3. The number of benzene rings is 1. The van der Waals surface area contributed by atoms with Gasteiger partial charge in [0.15, 0.2) is 0 Å². The number of rotatable bonds is 3. The Morgan fingerprint density at radius 2 is 1.50 bits per heavy atom. The fourth-order valence-corrected chi connectivity index (χ4v) is 9.56. The van der Waals surface area contributed by atoms with E-state index in [9.17, 15) is 4.79 Å². The molecule has 6 heteroatoms. The van der Waals surface area contributed by atoms with E-state index in [1.807, 2.05) is 25.7 Å². The molecule has 4 heterocycles. The van der Waals surface area contributed by atoms with Gasteiger partial charge in [0.05, 0.1) is 17.1 Å². The molecule has 1 aromatic heterocycles. The van der Waals surface area contributed by atoms with E-state index in [1.165, 1.54) is 82.6 Å². The van der Waals surface area contributed by atoms with E-state index in [0.717, 1.165) is 48.6 Å². The van der Waals surface area contributed by atoms with Gasteiger partial charge in [-0.05, 0) is 103 Å². The number of likely N-dealkylation sites (tertiary alicyclic amines) is 1. The Bertz CT molecular complexity index is 1190. The molecule has 1 aromatic carbocycles. The number of nitrogens with zero attached hydrogens (tertiary/aromatic N) is 4. The van der Waals surface area contributed by atoms with Gasteiger partial charge >= 0.3 is 6.09 Å². The van der Waals surface area contributed by atoms with Gasteiger partial charge in [-0.1, -0.05) is 44.2 Å². The van der Waals surface area contributed by atoms with Crippen LogP contribution in [0.1, 0.15) is 129 Å². The third kappa shape index (κ3) is 5.07. The second-order valence-electron chi connectivity index (χ2n) is 14.8. The van der Waals surface area contributed by atoms with Crippen LogP contribution < -0.4 is 0 Å². The normalized spacial score (nSPS) is 35.1. The summed E-state index contributed by atoms with van der Waals surface area (Å²) in [5.41, 5.74) is 1.82. The van der Waals surface area contributed by atoms with Crippen LogP contribution in [0.2, 0.25) is 0 Å². The molecule has 2 aliphatic carbocycles. The van der Waals surface area contributed by atoms with Crippen molar-refractivity contribution >= 4 is 17.1 Å². The summed E-state index contributed by atoms with van der Waals surface area (Å²) in [5, 5.41) is 0. The molecule has 218 valence electrons. The number of ether oxygens (including phenoxy) is 1. The van der Waals surface area contributed by atoms with Crippen molar-refractivity contribution in [1.29, 1.82) is 0 Å². The van der Waals surface area contributed by atoms with E-state index in [0.29, 0.717) is 18.1 Å². The zero-order chi connectivity index (χ0) is 27.4. The molecule has 5 unspecified atom stereocenters. The van der Waals surface area contributed by atoms with Crippen LogP contribution in [0.15, 0.2) is 24.3 Å². The van der Waals surface area contributed by atoms with Crippen LogP contribution in [0.5, 0.6) is 0 Å². The number of piperidine rings is 2. The number of hydrogen-bond acceptors (Lipinski definition) is 4. The van der Waals surface area contributed by atoms with Crippen LogP contribution in [0, 0.1) is 11.8 Å². The van der Waals surface area contributed by atoms with Crippen LogP contribution >= 0.6 is 0 Å². The van der Waals surface area contributed by atoms with Crippen molar-refractivity contribution in [2.24, 2.45) is 11.8 Å². The molecule has 4 bridgehead atoms. The number of para-hydroxylation sites is 2. The first-order valence-corrected chi connectivity index (χ1v) is 16.6. The molecule has 2 aromatic rings. The van der Waals surface area contributed by atoms with Crippen molar-refractivity contribution in [2.45, 2.75) is 146 Å². The first-order chi connectivity index (χ1) is 19.3. The molecule has 0 N–H and O–H groups in total. The zero-order valence-corrected chi connectivity index (χ0v) is 25.1. The Kier molecular flexibility index (Phi) is 7.13. The summed E-state index contributed by atoms with van der Waals surface area (Å²) in [6.45, 7) is 6.62. The highest BCUT2D eigenvalue weighted by Crippen LogP contribution is 2.48. The molecule has 0 spiro atoms. The van der Waals surface area contributed by atoms with Crippen molar-refractivity contribution in [3.8, 4) is 0 Å². The molecule has 6 nitrogen and oxygen atoms in total. The second-order valence-corrected chi connectivity index (χ2v) is 14.8.